The highest BCUT2D eigenvalue weighted by Gasteiger charge is 2.26. The van der Waals surface area contributed by atoms with Crippen LogP contribution in [0.25, 0.3) is 0 Å². The van der Waals surface area contributed by atoms with Gasteiger partial charge in [-0.25, -0.2) is 0 Å². The molecule has 1 aliphatic heterocycles. The van der Waals surface area contributed by atoms with Crippen molar-refractivity contribution in [2.45, 2.75) is 32.2 Å². The van der Waals surface area contributed by atoms with Crippen LogP contribution >= 0.6 is 0 Å². The van der Waals surface area contributed by atoms with Gasteiger partial charge in [-0.3, -0.25) is 4.79 Å². The van der Waals surface area contributed by atoms with Gasteiger partial charge in [0.15, 0.2) is 5.78 Å². The molecule has 3 heteroatoms. The minimum absolute atomic E-state index is 0.0561. The van der Waals surface area contributed by atoms with E-state index in [1.807, 2.05) is 6.92 Å². The Kier molecular flexibility index (Phi) is 2.40. The SMILES string of the molecule is CO[C@@H]1O[C@H](C)CCC1=O. The van der Waals surface area contributed by atoms with E-state index >= 15 is 0 Å². The number of ether oxygens (including phenoxy) is 2. The van der Waals surface area contributed by atoms with E-state index in [1.54, 1.807) is 0 Å². The minimum atomic E-state index is -0.608. The summed E-state index contributed by atoms with van der Waals surface area (Å²) in [5, 5.41) is 0. The zero-order chi connectivity index (χ0) is 7.56. The first-order chi connectivity index (χ1) is 4.74. The number of carbonyl (C=O) groups excluding carboxylic acids is 1. The first-order valence-corrected chi connectivity index (χ1v) is 3.45. The molecule has 1 saturated heterocycles. The first kappa shape index (κ1) is 7.69. The summed E-state index contributed by atoms with van der Waals surface area (Å²) in [5.41, 5.74) is 0. The molecule has 0 amide bonds. The average molecular weight is 144 g/mol. The van der Waals surface area contributed by atoms with E-state index in [4.69, 9.17) is 9.47 Å². The second kappa shape index (κ2) is 3.12. The molecule has 2 atom stereocenters. The Balaban J connectivity index is 2.45. The summed E-state index contributed by atoms with van der Waals surface area (Å²) in [6, 6.07) is 0. The molecular formula is C7H12O3. The number of hydrogen-bond acceptors (Lipinski definition) is 3. The number of methoxy groups -OCH3 is 1. The van der Waals surface area contributed by atoms with Crippen LogP contribution in [0.4, 0.5) is 0 Å². The third-order valence-electron chi connectivity index (χ3n) is 1.63. The lowest BCUT2D eigenvalue weighted by molar-refractivity contribution is -0.185. The fourth-order valence-corrected chi connectivity index (χ4v) is 1.01. The smallest absolute Gasteiger partial charge is 0.217 e. The van der Waals surface area contributed by atoms with Crippen molar-refractivity contribution < 1.29 is 14.3 Å². The molecule has 0 spiro atoms. The van der Waals surface area contributed by atoms with Crippen molar-refractivity contribution in [3.8, 4) is 0 Å². The Labute approximate surface area is 60.3 Å². The zero-order valence-electron chi connectivity index (χ0n) is 6.29. The van der Waals surface area contributed by atoms with Crippen LogP contribution in [-0.4, -0.2) is 25.3 Å². The van der Waals surface area contributed by atoms with Gasteiger partial charge < -0.3 is 9.47 Å². The summed E-state index contributed by atoms with van der Waals surface area (Å²) in [5.74, 6) is 0.0561. The summed E-state index contributed by atoms with van der Waals surface area (Å²) >= 11 is 0. The van der Waals surface area contributed by atoms with Crippen LogP contribution in [0, 0.1) is 0 Å². The molecule has 0 aromatic rings. The van der Waals surface area contributed by atoms with Crippen LogP contribution < -0.4 is 0 Å². The summed E-state index contributed by atoms with van der Waals surface area (Å²) in [6.45, 7) is 1.94. The lowest BCUT2D eigenvalue weighted by Crippen LogP contribution is -2.35. The Morgan fingerprint density at radius 1 is 1.70 bits per heavy atom. The van der Waals surface area contributed by atoms with Crippen LogP contribution in [0.15, 0.2) is 0 Å². The van der Waals surface area contributed by atoms with Gasteiger partial charge in [-0.1, -0.05) is 0 Å². The van der Waals surface area contributed by atoms with E-state index in [1.165, 1.54) is 7.11 Å². The van der Waals surface area contributed by atoms with Gasteiger partial charge in [0.1, 0.15) is 0 Å². The molecule has 0 unspecified atom stereocenters. The first-order valence-electron chi connectivity index (χ1n) is 3.45. The molecule has 1 heterocycles. The number of carbonyl (C=O) groups is 1. The Morgan fingerprint density at radius 2 is 2.40 bits per heavy atom. The standard InChI is InChI=1S/C7H12O3/c1-5-3-4-6(8)7(9-2)10-5/h5,7H,3-4H2,1-2H3/t5-,7-/m1/s1. The van der Waals surface area contributed by atoms with E-state index in [9.17, 15) is 4.79 Å². The maximum absolute atomic E-state index is 10.9. The predicted molar refractivity (Wildman–Crippen MR) is 35.6 cm³/mol. The average Bonchev–Trinajstić information content (AvgIpc) is 1.94. The molecule has 10 heavy (non-hydrogen) atoms. The summed E-state index contributed by atoms with van der Waals surface area (Å²) < 4.78 is 9.98. The number of rotatable bonds is 1. The van der Waals surface area contributed by atoms with Crippen LogP contribution in [0.5, 0.6) is 0 Å². The summed E-state index contributed by atoms with van der Waals surface area (Å²) in [6.07, 6.45) is 0.949. The summed E-state index contributed by atoms with van der Waals surface area (Å²) in [7, 11) is 1.49. The van der Waals surface area contributed by atoms with Gasteiger partial charge in [-0.15, -0.1) is 0 Å². The van der Waals surface area contributed by atoms with Crippen molar-refractivity contribution in [1.29, 1.82) is 0 Å². The van der Waals surface area contributed by atoms with E-state index in [-0.39, 0.29) is 11.9 Å². The normalized spacial score (nSPS) is 34.4. The lowest BCUT2D eigenvalue weighted by Gasteiger charge is -2.24. The Morgan fingerprint density at radius 3 is 2.90 bits per heavy atom. The predicted octanol–water partition coefficient (Wildman–Crippen LogP) is 0.727. The highest BCUT2D eigenvalue weighted by molar-refractivity contribution is 5.82. The van der Waals surface area contributed by atoms with Crippen LogP contribution in [0.1, 0.15) is 19.8 Å². The number of hydrogen-bond donors (Lipinski definition) is 0. The van der Waals surface area contributed by atoms with E-state index < -0.39 is 6.29 Å². The fraction of sp³-hybridized carbons (Fsp3) is 0.857. The van der Waals surface area contributed by atoms with E-state index in [2.05, 4.69) is 0 Å². The molecular weight excluding hydrogens is 132 g/mol. The second-order valence-electron chi connectivity index (χ2n) is 2.52. The van der Waals surface area contributed by atoms with E-state index in [0.717, 1.165) is 6.42 Å². The van der Waals surface area contributed by atoms with Gasteiger partial charge in [0.05, 0.1) is 6.10 Å². The van der Waals surface area contributed by atoms with Gasteiger partial charge in [0.25, 0.3) is 0 Å². The van der Waals surface area contributed by atoms with Gasteiger partial charge in [-0.2, -0.15) is 0 Å². The van der Waals surface area contributed by atoms with Crippen molar-refractivity contribution in [2.75, 3.05) is 7.11 Å². The topological polar surface area (TPSA) is 35.5 Å². The molecule has 0 N–H and O–H groups in total. The highest BCUT2D eigenvalue weighted by Crippen LogP contribution is 2.15. The quantitative estimate of drug-likeness (QED) is 0.544. The molecule has 58 valence electrons. The molecule has 1 aliphatic rings. The van der Waals surface area contributed by atoms with Gasteiger partial charge >= 0.3 is 0 Å². The molecule has 0 saturated carbocycles. The number of Topliss-reactive ketones (excluding diaryl/α,β-unsaturated/α-hetero) is 1. The molecule has 0 aromatic carbocycles. The van der Waals surface area contributed by atoms with Gasteiger partial charge in [-0.05, 0) is 13.3 Å². The van der Waals surface area contributed by atoms with Crippen LogP contribution in [0.2, 0.25) is 0 Å². The molecule has 0 aromatic heterocycles. The van der Waals surface area contributed by atoms with Gasteiger partial charge in [0.2, 0.25) is 6.29 Å². The van der Waals surface area contributed by atoms with Crippen molar-refractivity contribution in [3.63, 3.8) is 0 Å². The molecule has 3 nitrogen and oxygen atoms in total. The van der Waals surface area contributed by atoms with Crippen molar-refractivity contribution in [3.05, 3.63) is 0 Å². The van der Waals surface area contributed by atoms with Crippen LogP contribution in [0.3, 0.4) is 0 Å². The van der Waals surface area contributed by atoms with Crippen molar-refractivity contribution in [2.24, 2.45) is 0 Å². The zero-order valence-corrected chi connectivity index (χ0v) is 6.29. The molecule has 0 bridgehead atoms. The largest absolute Gasteiger partial charge is 0.349 e. The second-order valence-corrected chi connectivity index (χ2v) is 2.52. The molecule has 1 fully saturated rings. The molecule has 1 rings (SSSR count). The lowest BCUT2D eigenvalue weighted by atomic mass is 10.1. The van der Waals surface area contributed by atoms with Crippen molar-refractivity contribution >= 4 is 5.78 Å². The Bertz CT molecular complexity index is 133. The third-order valence-corrected chi connectivity index (χ3v) is 1.63. The fourth-order valence-electron chi connectivity index (χ4n) is 1.01. The summed E-state index contributed by atoms with van der Waals surface area (Å²) in [4.78, 5) is 10.9. The maximum atomic E-state index is 10.9. The maximum Gasteiger partial charge on any atom is 0.217 e. The van der Waals surface area contributed by atoms with Crippen LogP contribution in [-0.2, 0) is 14.3 Å². The Hall–Kier alpha value is -0.410. The highest BCUT2D eigenvalue weighted by atomic mass is 16.7. The number of ketones is 1. The third kappa shape index (κ3) is 1.55. The molecule has 0 radical (unpaired) electrons. The van der Waals surface area contributed by atoms with Crippen molar-refractivity contribution in [1.82, 2.24) is 0 Å². The minimum Gasteiger partial charge on any atom is -0.349 e. The van der Waals surface area contributed by atoms with Gasteiger partial charge in [0, 0.05) is 13.5 Å². The molecule has 0 aliphatic carbocycles. The monoisotopic (exact) mass is 144 g/mol. The van der Waals surface area contributed by atoms with E-state index in [0.29, 0.717) is 6.42 Å².